The van der Waals surface area contributed by atoms with Gasteiger partial charge in [-0.05, 0) is 23.8 Å². The zero-order valence-electron chi connectivity index (χ0n) is 13.4. The fourth-order valence-corrected chi connectivity index (χ4v) is 2.83. The Bertz CT molecular complexity index is 831. The van der Waals surface area contributed by atoms with E-state index < -0.39 is 0 Å². The number of hydrogen-bond acceptors (Lipinski definition) is 6. The molecule has 3 rings (SSSR count). The number of nitrogens with one attached hydrogen (secondary N) is 1. The maximum Gasteiger partial charge on any atom is 0.203 e. The van der Waals surface area contributed by atoms with Gasteiger partial charge in [0.05, 0.1) is 26.1 Å². The number of methoxy groups -OCH3 is 2. The predicted molar refractivity (Wildman–Crippen MR) is 98.3 cm³/mol. The van der Waals surface area contributed by atoms with Crippen LogP contribution in [0.15, 0.2) is 59.0 Å². The molecule has 0 saturated carbocycles. The van der Waals surface area contributed by atoms with Gasteiger partial charge in [0, 0.05) is 10.9 Å². The number of hydrazone groups is 1. The summed E-state index contributed by atoms with van der Waals surface area (Å²) >= 11 is 1.51. The van der Waals surface area contributed by atoms with Crippen molar-refractivity contribution in [3.05, 3.63) is 59.5 Å². The zero-order chi connectivity index (χ0) is 16.8. The summed E-state index contributed by atoms with van der Waals surface area (Å²) in [6.45, 7) is 0. The molecule has 0 aliphatic heterocycles. The second-order valence-electron chi connectivity index (χ2n) is 4.89. The molecule has 5 nitrogen and oxygen atoms in total. The van der Waals surface area contributed by atoms with Gasteiger partial charge in [-0.25, -0.2) is 4.98 Å². The van der Waals surface area contributed by atoms with E-state index >= 15 is 0 Å². The Kier molecular flexibility index (Phi) is 5.08. The summed E-state index contributed by atoms with van der Waals surface area (Å²) in [5, 5.41) is 6.97. The number of nitrogens with zero attached hydrogens (tertiary/aromatic N) is 2. The normalized spacial score (nSPS) is 10.8. The Morgan fingerprint density at radius 3 is 2.58 bits per heavy atom. The first kappa shape index (κ1) is 16.0. The second kappa shape index (κ2) is 7.61. The van der Waals surface area contributed by atoms with Gasteiger partial charge in [-0.2, -0.15) is 5.10 Å². The third-order valence-electron chi connectivity index (χ3n) is 3.36. The standard InChI is InChI=1S/C18H17N3O2S/c1-22-16-9-8-13(10-17(16)23-2)11-19-21-18-20-15(12-24-18)14-6-4-3-5-7-14/h3-12H,1-2H3,(H,20,21)/b19-11+. The number of thiazole rings is 1. The maximum atomic E-state index is 5.28. The first-order chi connectivity index (χ1) is 11.8. The summed E-state index contributed by atoms with van der Waals surface area (Å²) in [6, 6.07) is 15.7. The van der Waals surface area contributed by atoms with E-state index in [1.54, 1.807) is 20.4 Å². The molecule has 0 aliphatic rings. The third kappa shape index (κ3) is 3.72. The lowest BCUT2D eigenvalue weighted by molar-refractivity contribution is 0.355. The Balaban J connectivity index is 1.68. The molecule has 3 aromatic rings. The molecule has 0 fully saturated rings. The summed E-state index contributed by atoms with van der Waals surface area (Å²) in [5.74, 6) is 1.36. The zero-order valence-corrected chi connectivity index (χ0v) is 14.2. The number of ether oxygens (including phenoxy) is 2. The van der Waals surface area contributed by atoms with Gasteiger partial charge in [-0.15, -0.1) is 11.3 Å². The first-order valence-corrected chi connectivity index (χ1v) is 8.20. The Hall–Kier alpha value is -2.86. The lowest BCUT2D eigenvalue weighted by atomic mass is 10.2. The van der Waals surface area contributed by atoms with Crippen molar-refractivity contribution in [2.24, 2.45) is 5.10 Å². The van der Waals surface area contributed by atoms with Crippen molar-refractivity contribution in [1.29, 1.82) is 0 Å². The molecule has 1 aromatic heterocycles. The van der Waals surface area contributed by atoms with Gasteiger partial charge in [-0.1, -0.05) is 30.3 Å². The average molecular weight is 339 g/mol. The van der Waals surface area contributed by atoms with Gasteiger partial charge < -0.3 is 9.47 Å². The highest BCUT2D eigenvalue weighted by Crippen LogP contribution is 2.27. The van der Waals surface area contributed by atoms with E-state index in [0.717, 1.165) is 22.0 Å². The van der Waals surface area contributed by atoms with Crippen LogP contribution in [-0.4, -0.2) is 25.4 Å². The van der Waals surface area contributed by atoms with Crippen LogP contribution in [0.25, 0.3) is 11.3 Å². The quantitative estimate of drug-likeness (QED) is 0.538. The van der Waals surface area contributed by atoms with Crippen molar-refractivity contribution in [3.8, 4) is 22.8 Å². The molecule has 0 atom stereocenters. The summed E-state index contributed by atoms with van der Waals surface area (Å²) in [5.41, 5.74) is 5.88. The van der Waals surface area contributed by atoms with Crippen LogP contribution in [0.3, 0.4) is 0 Å². The van der Waals surface area contributed by atoms with Crippen molar-refractivity contribution in [3.63, 3.8) is 0 Å². The van der Waals surface area contributed by atoms with Gasteiger partial charge in [0.15, 0.2) is 11.5 Å². The molecule has 1 N–H and O–H groups in total. The molecule has 0 saturated heterocycles. The molecule has 2 aromatic carbocycles. The summed E-state index contributed by atoms with van der Waals surface area (Å²) in [6.07, 6.45) is 1.71. The number of hydrogen-bond donors (Lipinski definition) is 1. The van der Waals surface area contributed by atoms with E-state index in [1.807, 2.05) is 53.9 Å². The van der Waals surface area contributed by atoms with Crippen LogP contribution in [-0.2, 0) is 0 Å². The fraction of sp³-hybridized carbons (Fsp3) is 0.111. The first-order valence-electron chi connectivity index (χ1n) is 7.32. The molecular formula is C18H17N3O2S. The van der Waals surface area contributed by atoms with Gasteiger partial charge >= 0.3 is 0 Å². The van der Waals surface area contributed by atoms with Crippen LogP contribution in [0, 0.1) is 0 Å². The average Bonchev–Trinajstić information content (AvgIpc) is 3.11. The molecule has 1 heterocycles. The van der Waals surface area contributed by atoms with Crippen LogP contribution in [0.4, 0.5) is 5.13 Å². The molecule has 6 heteroatoms. The van der Waals surface area contributed by atoms with Crippen LogP contribution >= 0.6 is 11.3 Å². The Morgan fingerprint density at radius 1 is 1.04 bits per heavy atom. The SMILES string of the molecule is COc1ccc(/C=N/Nc2nc(-c3ccccc3)cs2)cc1OC. The topological polar surface area (TPSA) is 55.7 Å². The minimum Gasteiger partial charge on any atom is -0.493 e. The monoisotopic (exact) mass is 339 g/mol. The lowest BCUT2D eigenvalue weighted by Gasteiger charge is -2.07. The summed E-state index contributed by atoms with van der Waals surface area (Å²) < 4.78 is 10.5. The lowest BCUT2D eigenvalue weighted by Crippen LogP contribution is -1.93. The van der Waals surface area contributed by atoms with Crippen LogP contribution < -0.4 is 14.9 Å². The number of anilines is 1. The van der Waals surface area contributed by atoms with Gasteiger partial charge in [0.2, 0.25) is 5.13 Å². The minimum absolute atomic E-state index is 0.669. The van der Waals surface area contributed by atoms with Crippen LogP contribution in [0.1, 0.15) is 5.56 Å². The van der Waals surface area contributed by atoms with E-state index in [4.69, 9.17) is 9.47 Å². The molecule has 0 spiro atoms. The van der Waals surface area contributed by atoms with Crippen LogP contribution in [0.5, 0.6) is 11.5 Å². The van der Waals surface area contributed by atoms with Crippen molar-refractivity contribution < 1.29 is 9.47 Å². The van der Waals surface area contributed by atoms with Gasteiger partial charge in [0.1, 0.15) is 0 Å². The second-order valence-corrected chi connectivity index (χ2v) is 5.75. The number of aromatic nitrogens is 1. The van der Waals surface area contributed by atoms with Gasteiger partial charge in [0.25, 0.3) is 0 Å². The van der Waals surface area contributed by atoms with Crippen LogP contribution in [0.2, 0.25) is 0 Å². The van der Waals surface area contributed by atoms with Crippen molar-refractivity contribution in [2.45, 2.75) is 0 Å². The highest BCUT2D eigenvalue weighted by Gasteiger charge is 2.04. The molecule has 0 amide bonds. The summed E-state index contributed by atoms with van der Waals surface area (Å²) in [4.78, 5) is 4.52. The van der Waals surface area contributed by atoms with E-state index in [0.29, 0.717) is 11.5 Å². The largest absolute Gasteiger partial charge is 0.493 e. The molecule has 0 radical (unpaired) electrons. The van der Waals surface area contributed by atoms with Gasteiger partial charge in [-0.3, -0.25) is 5.43 Å². The maximum absolute atomic E-state index is 5.28. The van der Waals surface area contributed by atoms with E-state index in [9.17, 15) is 0 Å². The van der Waals surface area contributed by atoms with E-state index in [2.05, 4.69) is 15.5 Å². The third-order valence-corrected chi connectivity index (χ3v) is 4.10. The van der Waals surface area contributed by atoms with Crippen molar-refractivity contribution in [2.75, 3.05) is 19.6 Å². The predicted octanol–water partition coefficient (Wildman–Crippen LogP) is 4.27. The Labute approximate surface area is 144 Å². The molecule has 0 aliphatic carbocycles. The van der Waals surface area contributed by atoms with Crippen molar-refractivity contribution >= 4 is 22.7 Å². The van der Waals surface area contributed by atoms with Crippen molar-refractivity contribution in [1.82, 2.24) is 4.98 Å². The Morgan fingerprint density at radius 2 is 1.83 bits per heavy atom. The van der Waals surface area contributed by atoms with E-state index in [-0.39, 0.29) is 0 Å². The highest BCUT2D eigenvalue weighted by atomic mass is 32.1. The molecule has 0 bridgehead atoms. The molecule has 24 heavy (non-hydrogen) atoms. The minimum atomic E-state index is 0.669. The number of rotatable bonds is 6. The summed E-state index contributed by atoms with van der Waals surface area (Å²) in [7, 11) is 3.22. The smallest absolute Gasteiger partial charge is 0.203 e. The fourth-order valence-electron chi connectivity index (χ4n) is 2.16. The van der Waals surface area contributed by atoms with E-state index in [1.165, 1.54) is 11.3 Å². The number of benzene rings is 2. The molecule has 0 unspecified atom stereocenters. The highest BCUT2D eigenvalue weighted by molar-refractivity contribution is 7.14. The molecule has 122 valence electrons. The molecular weight excluding hydrogens is 322 g/mol.